The number of hydrogen-bond acceptors (Lipinski definition) is 7. The van der Waals surface area contributed by atoms with Crippen LogP contribution in [0.25, 0.3) is 0 Å². The number of hydrogen-bond donors (Lipinski definition) is 3. The fourth-order valence-electron chi connectivity index (χ4n) is 1.10. The SMILES string of the molecule is CC(=O)OC(O)(O)[C@@H](N)CC1=NC=NC1. The zero-order valence-electron chi connectivity index (χ0n) is 8.25. The molecule has 1 rings (SSSR count). The van der Waals surface area contributed by atoms with Crippen molar-refractivity contribution in [2.45, 2.75) is 25.4 Å². The number of nitrogens with two attached hydrogens (primary N) is 1. The smallest absolute Gasteiger partial charge is 0.340 e. The van der Waals surface area contributed by atoms with E-state index >= 15 is 0 Å². The molecule has 1 aliphatic heterocycles. The van der Waals surface area contributed by atoms with E-state index in [9.17, 15) is 15.0 Å². The van der Waals surface area contributed by atoms with Gasteiger partial charge in [0.15, 0.2) is 0 Å². The molecule has 7 heteroatoms. The van der Waals surface area contributed by atoms with Crippen LogP contribution in [0.1, 0.15) is 13.3 Å². The zero-order valence-corrected chi connectivity index (χ0v) is 8.25. The molecule has 1 aliphatic rings. The average Bonchev–Trinajstić information content (AvgIpc) is 2.54. The second kappa shape index (κ2) is 4.47. The maximum atomic E-state index is 10.5. The van der Waals surface area contributed by atoms with Gasteiger partial charge in [0, 0.05) is 19.1 Å². The van der Waals surface area contributed by atoms with Crippen LogP contribution in [-0.4, -0.2) is 46.8 Å². The molecule has 0 aliphatic carbocycles. The van der Waals surface area contributed by atoms with Crippen molar-refractivity contribution in [2.24, 2.45) is 15.7 Å². The van der Waals surface area contributed by atoms with E-state index in [-0.39, 0.29) is 6.42 Å². The predicted octanol–water partition coefficient (Wildman–Crippen LogP) is -1.61. The molecule has 1 atom stereocenters. The number of carbonyl (C=O) groups is 1. The van der Waals surface area contributed by atoms with E-state index in [4.69, 9.17) is 5.73 Å². The van der Waals surface area contributed by atoms with Crippen molar-refractivity contribution < 1.29 is 19.7 Å². The van der Waals surface area contributed by atoms with E-state index < -0.39 is 18.0 Å². The van der Waals surface area contributed by atoms with E-state index in [0.29, 0.717) is 12.3 Å². The first-order valence-corrected chi connectivity index (χ1v) is 4.35. The van der Waals surface area contributed by atoms with Crippen LogP contribution in [0.15, 0.2) is 9.98 Å². The minimum absolute atomic E-state index is 0.0975. The lowest BCUT2D eigenvalue weighted by Crippen LogP contribution is -2.52. The summed E-state index contributed by atoms with van der Waals surface area (Å²) < 4.78 is 4.26. The lowest BCUT2D eigenvalue weighted by molar-refractivity contribution is -0.327. The molecule has 84 valence electrons. The predicted molar refractivity (Wildman–Crippen MR) is 52.3 cm³/mol. The lowest BCUT2D eigenvalue weighted by atomic mass is 10.1. The Bertz CT molecular complexity index is 311. The first-order valence-electron chi connectivity index (χ1n) is 4.35. The molecular weight excluding hydrogens is 202 g/mol. The van der Waals surface area contributed by atoms with E-state index in [1.165, 1.54) is 6.34 Å². The van der Waals surface area contributed by atoms with Crippen LogP contribution in [0.5, 0.6) is 0 Å². The van der Waals surface area contributed by atoms with Crippen molar-refractivity contribution in [2.75, 3.05) is 6.54 Å². The summed E-state index contributed by atoms with van der Waals surface area (Å²) in [7, 11) is 0. The molecule has 0 aromatic heterocycles. The Labute approximate surface area is 86.3 Å². The van der Waals surface area contributed by atoms with Crippen molar-refractivity contribution in [3.8, 4) is 0 Å². The summed E-state index contributed by atoms with van der Waals surface area (Å²) in [4.78, 5) is 18.2. The molecule has 15 heavy (non-hydrogen) atoms. The molecule has 7 nitrogen and oxygen atoms in total. The van der Waals surface area contributed by atoms with E-state index in [1.807, 2.05) is 0 Å². The van der Waals surface area contributed by atoms with Crippen LogP contribution in [0.2, 0.25) is 0 Å². The minimum Gasteiger partial charge on any atom is -0.407 e. The number of nitrogens with zero attached hydrogens (tertiary/aromatic N) is 2. The Morgan fingerprint density at radius 3 is 2.93 bits per heavy atom. The number of aliphatic hydroxyl groups is 2. The summed E-state index contributed by atoms with van der Waals surface area (Å²) in [6.07, 6.45) is 1.46. The highest BCUT2D eigenvalue weighted by Gasteiger charge is 2.36. The first kappa shape index (κ1) is 11.8. The Morgan fingerprint density at radius 1 is 1.80 bits per heavy atom. The molecule has 0 fully saturated rings. The van der Waals surface area contributed by atoms with Gasteiger partial charge in [-0.25, -0.2) is 4.99 Å². The van der Waals surface area contributed by atoms with Crippen LogP contribution in [0.4, 0.5) is 0 Å². The van der Waals surface area contributed by atoms with Gasteiger partial charge in [-0.15, -0.1) is 0 Å². The zero-order chi connectivity index (χ0) is 11.5. The summed E-state index contributed by atoms with van der Waals surface area (Å²) in [5, 5.41) is 18.6. The second-order valence-corrected chi connectivity index (χ2v) is 3.21. The molecule has 0 aromatic carbocycles. The number of ether oxygens (including phenoxy) is 1. The molecule has 0 amide bonds. The summed E-state index contributed by atoms with van der Waals surface area (Å²) >= 11 is 0. The Balaban J connectivity index is 2.51. The van der Waals surface area contributed by atoms with Gasteiger partial charge in [-0.1, -0.05) is 0 Å². The normalized spacial score (nSPS) is 17.5. The van der Waals surface area contributed by atoms with Crippen LogP contribution in [0.3, 0.4) is 0 Å². The molecule has 0 aromatic rings. The van der Waals surface area contributed by atoms with E-state index in [2.05, 4.69) is 14.7 Å². The summed E-state index contributed by atoms with van der Waals surface area (Å²) in [5.41, 5.74) is 6.08. The Hall–Kier alpha value is -1.31. The van der Waals surface area contributed by atoms with Crippen LogP contribution in [0, 0.1) is 0 Å². The van der Waals surface area contributed by atoms with Crippen molar-refractivity contribution in [3.05, 3.63) is 0 Å². The third kappa shape index (κ3) is 3.39. The van der Waals surface area contributed by atoms with Gasteiger partial charge in [-0.2, -0.15) is 0 Å². The number of aliphatic imine (C=N–C) groups is 2. The number of esters is 1. The number of carbonyl (C=O) groups excluding carboxylic acids is 1. The summed E-state index contributed by atoms with van der Waals surface area (Å²) in [6.45, 7) is 1.44. The number of rotatable bonds is 4. The molecule has 4 N–H and O–H groups in total. The van der Waals surface area contributed by atoms with Crippen molar-refractivity contribution in [1.29, 1.82) is 0 Å². The van der Waals surface area contributed by atoms with E-state index in [1.54, 1.807) is 0 Å². The van der Waals surface area contributed by atoms with Gasteiger partial charge in [0.2, 0.25) is 0 Å². The van der Waals surface area contributed by atoms with Gasteiger partial charge in [0.05, 0.1) is 6.54 Å². The highest BCUT2D eigenvalue weighted by Crippen LogP contribution is 2.12. The molecule has 0 unspecified atom stereocenters. The average molecular weight is 215 g/mol. The fraction of sp³-hybridized carbons (Fsp3) is 0.625. The molecule has 0 bridgehead atoms. The van der Waals surface area contributed by atoms with E-state index in [0.717, 1.165) is 6.92 Å². The first-order chi connectivity index (χ1) is 6.92. The topological polar surface area (TPSA) is 118 Å². The fourth-order valence-corrected chi connectivity index (χ4v) is 1.10. The van der Waals surface area contributed by atoms with Gasteiger partial charge < -0.3 is 20.7 Å². The van der Waals surface area contributed by atoms with Crippen molar-refractivity contribution in [3.63, 3.8) is 0 Å². The highest BCUT2D eigenvalue weighted by molar-refractivity contribution is 5.96. The van der Waals surface area contributed by atoms with Gasteiger partial charge in [0.1, 0.15) is 12.4 Å². The monoisotopic (exact) mass is 215 g/mol. The van der Waals surface area contributed by atoms with Crippen molar-refractivity contribution in [1.82, 2.24) is 0 Å². The lowest BCUT2D eigenvalue weighted by Gasteiger charge is -2.26. The van der Waals surface area contributed by atoms with Crippen LogP contribution in [-0.2, 0) is 9.53 Å². The Kier molecular flexibility index (Phi) is 3.51. The highest BCUT2D eigenvalue weighted by atomic mass is 16.8. The molecule has 1 heterocycles. The van der Waals surface area contributed by atoms with Gasteiger partial charge in [0.25, 0.3) is 0 Å². The third-order valence-electron chi connectivity index (χ3n) is 1.83. The van der Waals surface area contributed by atoms with Crippen LogP contribution < -0.4 is 5.73 Å². The maximum Gasteiger partial charge on any atom is 0.340 e. The standard InChI is InChI=1S/C8H13N3O4/c1-5(12)15-8(13,14)7(9)2-6-3-10-4-11-6/h4,7,13-14H,2-3,9H2,1H3/t7-/m0/s1. The minimum atomic E-state index is -2.67. The molecule has 0 saturated heterocycles. The van der Waals surface area contributed by atoms with Crippen LogP contribution >= 0.6 is 0 Å². The van der Waals surface area contributed by atoms with Gasteiger partial charge >= 0.3 is 11.9 Å². The van der Waals surface area contributed by atoms with Gasteiger partial charge in [-0.05, 0) is 0 Å². The molecule has 0 radical (unpaired) electrons. The Morgan fingerprint density at radius 2 is 2.47 bits per heavy atom. The molecule has 0 saturated carbocycles. The second-order valence-electron chi connectivity index (χ2n) is 3.21. The molecule has 0 spiro atoms. The summed E-state index contributed by atoms with van der Waals surface area (Å²) in [6, 6.07) is -1.15. The largest absolute Gasteiger partial charge is 0.407 e. The van der Waals surface area contributed by atoms with Crippen molar-refractivity contribution >= 4 is 18.0 Å². The third-order valence-corrected chi connectivity index (χ3v) is 1.83. The maximum absolute atomic E-state index is 10.5. The molecular formula is C8H13N3O4. The quantitative estimate of drug-likeness (QED) is 0.385. The van der Waals surface area contributed by atoms with Gasteiger partial charge in [-0.3, -0.25) is 9.79 Å². The summed E-state index contributed by atoms with van der Waals surface area (Å²) in [5.74, 6) is -3.49.